The second kappa shape index (κ2) is 8.07. The molecule has 0 saturated carbocycles. The molecule has 0 radical (unpaired) electrons. The van der Waals surface area contributed by atoms with E-state index in [1.165, 1.54) is 0 Å². The molecular weight excluding hydrogens is 272 g/mol. The van der Waals surface area contributed by atoms with Crippen molar-refractivity contribution in [1.82, 2.24) is 0 Å². The number of allylic oxidation sites excluding steroid dienone is 8. The molecule has 1 rings (SSSR count). The molecule has 0 saturated heterocycles. The van der Waals surface area contributed by atoms with Crippen molar-refractivity contribution < 1.29 is 9.59 Å². The van der Waals surface area contributed by atoms with E-state index in [1.54, 1.807) is 18.2 Å². The zero-order valence-corrected chi connectivity index (χ0v) is 14.7. The Morgan fingerprint density at radius 1 is 1.00 bits per heavy atom. The van der Waals surface area contributed by atoms with Crippen molar-refractivity contribution in [1.29, 1.82) is 0 Å². The quantitative estimate of drug-likeness (QED) is 0.530. The predicted molar refractivity (Wildman–Crippen MR) is 92.6 cm³/mol. The molecule has 0 aliphatic heterocycles. The first-order valence-electron chi connectivity index (χ1n) is 7.94. The summed E-state index contributed by atoms with van der Waals surface area (Å²) in [4.78, 5) is 24.5. The molecule has 2 nitrogen and oxygen atoms in total. The van der Waals surface area contributed by atoms with Crippen LogP contribution in [0, 0.1) is 11.8 Å². The highest BCUT2D eigenvalue weighted by Gasteiger charge is 2.31. The summed E-state index contributed by atoms with van der Waals surface area (Å²) in [7, 11) is 0. The van der Waals surface area contributed by atoms with Crippen LogP contribution in [0.1, 0.15) is 54.4 Å². The summed E-state index contributed by atoms with van der Waals surface area (Å²) in [6.45, 7) is 11.7. The van der Waals surface area contributed by atoms with E-state index in [1.807, 2.05) is 41.5 Å². The summed E-state index contributed by atoms with van der Waals surface area (Å²) in [5.74, 6) is 0.168. The Morgan fingerprint density at radius 3 is 2.14 bits per heavy atom. The highest BCUT2D eigenvalue weighted by molar-refractivity contribution is 6.00. The van der Waals surface area contributed by atoms with Crippen LogP contribution >= 0.6 is 0 Å². The van der Waals surface area contributed by atoms with Gasteiger partial charge in [0, 0.05) is 5.92 Å². The third-order valence-electron chi connectivity index (χ3n) is 3.96. The fourth-order valence-electron chi connectivity index (χ4n) is 3.05. The van der Waals surface area contributed by atoms with Gasteiger partial charge in [-0.2, -0.15) is 0 Å². The van der Waals surface area contributed by atoms with Crippen LogP contribution in [-0.2, 0) is 9.59 Å². The van der Waals surface area contributed by atoms with Crippen LogP contribution in [0.5, 0.6) is 0 Å². The van der Waals surface area contributed by atoms with E-state index >= 15 is 0 Å². The molecule has 0 spiro atoms. The maximum atomic E-state index is 12.6. The summed E-state index contributed by atoms with van der Waals surface area (Å²) in [5, 5.41) is 0. The van der Waals surface area contributed by atoms with Crippen LogP contribution in [0.3, 0.4) is 0 Å². The second-order valence-corrected chi connectivity index (χ2v) is 6.75. The average molecular weight is 300 g/mol. The van der Waals surface area contributed by atoms with Gasteiger partial charge < -0.3 is 0 Å². The molecule has 0 aromatic rings. The van der Waals surface area contributed by atoms with Crippen molar-refractivity contribution in [3.05, 3.63) is 46.6 Å². The molecule has 22 heavy (non-hydrogen) atoms. The van der Waals surface area contributed by atoms with Gasteiger partial charge in [-0.05, 0) is 78.5 Å². The molecule has 0 aromatic heterocycles. The first-order valence-corrected chi connectivity index (χ1v) is 7.94. The largest absolute Gasteiger partial charge is 0.294 e. The van der Waals surface area contributed by atoms with Gasteiger partial charge in [-0.15, -0.1) is 0 Å². The lowest BCUT2D eigenvalue weighted by Crippen LogP contribution is -2.27. The fourth-order valence-corrected chi connectivity index (χ4v) is 3.05. The minimum Gasteiger partial charge on any atom is -0.294 e. The number of rotatable bonds is 5. The molecular formula is C20H28O2. The smallest absolute Gasteiger partial charge is 0.178 e. The normalized spacial score (nSPS) is 21.7. The maximum absolute atomic E-state index is 12.6. The van der Waals surface area contributed by atoms with Gasteiger partial charge in [0.25, 0.3) is 0 Å². The molecule has 0 N–H and O–H groups in total. The van der Waals surface area contributed by atoms with Gasteiger partial charge >= 0.3 is 0 Å². The van der Waals surface area contributed by atoms with E-state index in [-0.39, 0.29) is 23.4 Å². The summed E-state index contributed by atoms with van der Waals surface area (Å²) >= 11 is 0. The molecule has 0 bridgehead atoms. The summed E-state index contributed by atoms with van der Waals surface area (Å²) in [6.07, 6.45) is 9.11. The van der Waals surface area contributed by atoms with Crippen LogP contribution in [0.15, 0.2) is 46.6 Å². The van der Waals surface area contributed by atoms with Crippen molar-refractivity contribution in [3.8, 4) is 0 Å². The van der Waals surface area contributed by atoms with Gasteiger partial charge in [-0.1, -0.05) is 28.4 Å². The molecule has 0 heterocycles. The Labute approximate surface area is 134 Å². The Morgan fingerprint density at radius 2 is 1.59 bits per heavy atom. The lowest BCUT2D eigenvalue weighted by molar-refractivity contribution is -0.118. The number of carbonyl (C=O) groups is 2. The first-order chi connectivity index (χ1) is 10.2. The molecule has 2 heteroatoms. The first kappa shape index (κ1) is 18.3. The second-order valence-electron chi connectivity index (χ2n) is 6.75. The SMILES string of the molecule is CC(C)=CC(=O)C=C(C)[C@@H]1CCC=C(C)[C@@H]1C(=O)C=C(C)C. The number of hydrogen-bond acceptors (Lipinski definition) is 2. The van der Waals surface area contributed by atoms with E-state index in [0.29, 0.717) is 0 Å². The van der Waals surface area contributed by atoms with Crippen LogP contribution in [-0.4, -0.2) is 11.6 Å². The number of hydrogen-bond donors (Lipinski definition) is 0. The van der Waals surface area contributed by atoms with Crippen molar-refractivity contribution in [2.24, 2.45) is 11.8 Å². The van der Waals surface area contributed by atoms with Crippen LogP contribution in [0.2, 0.25) is 0 Å². The van der Waals surface area contributed by atoms with Crippen LogP contribution < -0.4 is 0 Å². The van der Waals surface area contributed by atoms with Gasteiger partial charge in [0.2, 0.25) is 0 Å². The van der Waals surface area contributed by atoms with E-state index in [9.17, 15) is 9.59 Å². The lowest BCUT2D eigenvalue weighted by Gasteiger charge is -2.30. The fraction of sp³-hybridized carbons (Fsp3) is 0.500. The number of carbonyl (C=O) groups excluding carboxylic acids is 2. The highest BCUT2D eigenvalue weighted by atomic mass is 16.1. The topological polar surface area (TPSA) is 34.1 Å². The molecule has 0 amide bonds. The average Bonchev–Trinajstić information content (AvgIpc) is 2.35. The van der Waals surface area contributed by atoms with E-state index in [2.05, 4.69) is 6.08 Å². The molecule has 2 atom stereocenters. The Kier molecular flexibility index (Phi) is 6.73. The summed E-state index contributed by atoms with van der Waals surface area (Å²) < 4.78 is 0. The molecule has 0 aromatic carbocycles. The minimum atomic E-state index is -0.126. The van der Waals surface area contributed by atoms with Gasteiger partial charge in [0.1, 0.15) is 0 Å². The van der Waals surface area contributed by atoms with Crippen LogP contribution in [0.25, 0.3) is 0 Å². The lowest BCUT2D eigenvalue weighted by atomic mass is 9.73. The maximum Gasteiger partial charge on any atom is 0.178 e. The zero-order valence-electron chi connectivity index (χ0n) is 14.7. The summed E-state index contributed by atoms with van der Waals surface area (Å²) in [5.41, 5.74) is 4.15. The number of ketones is 2. The molecule has 0 fully saturated rings. The standard InChI is InChI=1S/C20H28O2/c1-13(2)10-17(21)12-16(6)18-9-7-8-15(5)20(18)19(22)11-14(3)4/h8,10-12,18,20H,7,9H2,1-6H3/t18-,20-/m0/s1. The third-order valence-corrected chi connectivity index (χ3v) is 3.96. The third kappa shape index (κ3) is 5.25. The Balaban J connectivity index is 3.09. The van der Waals surface area contributed by atoms with Crippen molar-refractivity contribution >= 4 is 11.6 Å². The van der Waals surface area contributed by atoms with Gasteiger partial charge in [0.15, 0.2) is 11.6 Å². The molecule has 120 valence electrons. The van der Waals surface area contributed by atoms with Gasteiger partial charge in [-0.3, -0.25) is 9.59 Å². The monoisotopic (exact) mass is 300 g/mol. The highest BCUT2D eigenvalue weighted by Crippen LogP contribution is 2.36. The molecule has 0 unspecified atom stereocenters. The van der Waals surface area contributed by atoms with Crippen molar-refractivity contribution in [2.45, 2.75) is 54.4 Å². The van der Waals surface area contributed by atoms with Crippen LogP contribution in [0.4, 0.5) is 0 Å². The zero-order chi connectivity index (χ0) is 16.9. The van der Waals surface area contributed by atoms with Crippen molar-refractivity contribution in [3.63, 3.8) is 0 Å². The van der Waals surface area contributed by atoms with Crippen molar-refractivity contribution in [2.75, 3.05) is 0 Å². The molecule has 1 aliphatic rings. The summed E-state index contributed by atoms with van der Waals surface area (Å²) in [6, 6.07) is 0. The molecule has 1 aliphatic carbocycles. The van der Waals surface area contributed by atoms with Gasteiger partial charge in [-0.25, -0.2) is 0 Å². The predicted octanol–water partition coefficient (Wildman–Crippen LogP) is 4.98. The van der Waals surface area contributed by atoms with E-state index in [0.717, 1.165) is 35.1 Å². The van der Waals surface area contributed by atoms with E-state index < -0.39 is 0 Å². The Hall–Kier alpha value is -1.70. The Bertz CT molecular complexity index is 563. The minimum absolute atomic E-state index is 0.0121. The van der Waals surface area contributed by atoms with E-state index in [4.69, 9.17) is 0 Å². The van der Waals surface area contributed by atoms with Gasteiger partial charge in [0.05, 0.1) is 0 Å².